The number of aromatic amines is 1. The maximum atomic E-state index is 12.1. The van der Waals surface area contributed by atoms with E-state index in [4.69, 9.17) is 16.1 Å². The Hall–Kier alpha value is -3.19. The number of carbonyl (C=O) groups is 1. The van der Waals surface area contributed by atoms with Crippen molar-refractivity contribution in [3.63, 3.8) is 0 Å². The molecule has 0 aliphatic rings. The van der Waals surface area contributed by atoms with E-state index in [1.165, 1.54) is 0 Å². The van der Waals surface area contributed by atoms with Crippen molar-refractivity contribution < 1.29 is 9.32 Å². The number of H-pyrrole nitrogens is 1. The molecule has 0 fully saturated rings. The van der Waals surface area contributed by atoms with Crippen LogP contribution in [0.2, 0.25) is 5.02 Å². The predicted octanol–water partition coefficient (Wildman–Crippen LogP) is 3.52. The first-order valence-electron chi connectivity index (χ1n) is 8.46. The van der Waals surface area contributed by atoms with E-state index < -0.39 is 0 Å². The Morgan fingerprint density at radius 3 is 2.74 bits per heavy atom. The van der Waals surface area contributed by atoms with Crippen LogP contribution in [0.15, 0.2) is 53.1 Å². The average molecular weight is 382 g/mol. The van der Waals surface area contributed by atoms with Crippen LogP contribution < -0.4 is 5.32 Å². The number of hydrogen-bond acceptors (Lipinski definition) is 5. The number of halogens is 1. The molecule has 0 spiro atoms. The minimum absolute atomic E-state index is 0.110. The van der Waals surface area contributed by atoms with Gasteiger partial charge in [-0.05, 0) is 36.4 Å². The molecule has 4 aromatic rings. The molecule has 136 valence electrons. The molecule has 2 heterocycles. The fourth-order valence-electron chi connectivity index (χ4n) is 2.65. The predicted molar refractivity (Wildman–Crippen MR) is 101 cm³/mol. The number of amides is 1. The zero-order valence-electron chi connectivity index (χ0n) is 14.3. The minimum atomic E-state index is -0.110. The van der Waals surface area contributed by atoms with Gasteiger partial charge in [0.1, 0.15) is 5.82 Å². The first-order chi connectivity index (χ1) is 13.2. The highest BCUT2D eigenvalue weighted by atomic mass is 35.5. The van der Waals surface area contributed by atoms with Gasteiger partial charge in [-0.15, -0.1) is 0 Å². The van der Waals surface area contributed by atoms with Gasteiger partial charge in [-0.25, -0.2) is 4.98 Å². The normalized spacial score (nSPS) is 11.0. The third-order valence-electron chi connectivity index (χ3n) is 4.03. The van der Waals surface area contributed by atoms with Gasteiger partial charge in [-0.3, -0.25) is 4.79 Å². The van der Waals surface area contributed by atoms with Gasteiger partial charge < -0.3 is 14.8 Å². The first kappa shape index (κ1) is 17.2. The molecule has 1 amide bonds. The third-order valence-corrected chi connectivity index (χ3v) is 4.28. The summed E-state index contributed by atoms with van der Waals surface area (Å²) in [5, 5.41) is 7.42. The molecule has 2 aromatic heterocycles. The fourth-order valence-corrected chi connectivity index (χ4v) is 2.78. The van der Waals surface area contributed by atoms with Crippen LogP contribution in [0.5, 0.6) is 0 Å². The number of fused-ring (bicyclic) bond motifs is 1. The Kier molecular flexibility index (Phi) is 4.84. The lowest BCUT2D eigenvalue weighted by molar-refractivity contribution is -0.121. The second kappa shape index (κ2) is 7.59. The van der Waals surface area contributed by atoms with Crippen LogP contribution in [-0.2, 0) is 17.8 Å². The highest BCUT2D eigenvalue weighted by Gasteiger charge is 2.11. The summed E-state index contributed by atoms with van der Waals surface area (Å²) in [6, 6.07) is 14.9. The quantitative estimate of drug-likeness (QED) is 0.532. The second-order valence-electron chi connectivity index (χ2n) is 6.00. The average Bonchev–Trinajstić information content (AvgIpc) is 3.32. The molecule has 0 saturated heterocycles. The van der Waals surface area contributed by atoms with Crippen molar-refractivity contribution in [2.24, 2.45) is 0 Å². The highest BCUT2D eigenvalue weighted by molar-refractivity contribution is 6.30. The SMILES string of the molecule is O=C(CCc1nc(-c2ccc(Cl)cc2)no1)NCc1nc2ccccc2[nH]1. The third kappa shape index (κ3) is 4.15. The lowest BCUT2D eigenvalue weighted by Gasteiger charge is -2.01. The Bertz CT molecular complexity index is 1040. The molecule has 0 saturated carbocycles. The van der Waals surface area contributed by atoms with Crippen molar-refractivity contribution in [3.8, 4) is 11.4 Å². The van der Waals surface area contributed by atoms with E-state index in [9.17, 15) is 4.79 Å². The molecular weight excluding hydrogens is 366 g/mol. The molecule has 0 unspecified atom stereocenters. The van der Waals surface area contributed by atoms with Crippen molar-refractivity contribution >= 4 is 28.5 Å². The van der Waals surface area contributed by atoms with E-state index in [0.29, 0.717) is 35.5 Å². The molecular formula is C19H16ClN5O2. The van der Waals surface area contributed by atoms with E-state index in [1.807, 2.05) is 36.4 Å². The highest BCUT2D eigenvalue weighted by Crippen LogP contribution is 2.19. The van der Waals surface area contributed by atoms with Crippen molar-refractivity contribution in [1.82, 2.24) is 25.4 Å². The van der Waals surface area contributed by atoms with Crippen molar-refractivity contribution in [2.45, 2.75) is 19.4 Å². The summed E-state index contributed by atoms with van der Waals surface area (Å²) < 4.78 is 5.21. The number of aryl methyl sites for hydroxylation is 1. The summed E-state index contributed by atoms with van der Waals surface area (Å²) in [4.78, 5) is 24.0. The molecule has 0 aliphatic carbocycles. The number of imidazole rings is 1. The number of aromatic nitrogens is 4. The van der Waals surface area contributed by atoms with Gasteiger partial charge in [0, 0.05) is 23.4 Å². The second-order valence-corrected chi connectivity index (χ2v) is 6.43. The van der Waals surface area contributed by atoms with Crippen LogP contribution in [0.25, 0.3) is 22.4 Å². The van der Waals surface area contributed by atoms with Gasteiger partial charge in [0.05, 0.1) is 17.6 Å². The van der Waals surface area contributed by atoms with Crippen LogP contribution in [0.3, 0.4) is 0 Å². The smallest absolute Gasteiger partial charge is 0.227 e. The van der Waals surface area contributed by atoms with Crippen LogP contribution in [0.4, 0.5) is 0 Å². The molecule has 0 bridgehead atoms. The maximum absolute atomic E-state index is 12.1. The van der Waals surface area contributed by atoms with Crippen LogP contribution in [0.1, 0.15) is 18.1 Å². The molecule has 4 rings (SSSR count). The number of rotatable bonds is 6. The summed E-state index contributed by atoms with van der Waals surface area (Å²) >= 11 is 5.87. The monoisotopic (exact) mass is 381 g/mol. The lowest BCUT2D eigenvalue weighted by Crippen LogP contribution is -2.23. The van der Waals surface area contributed by atoms with E-state index in [-0.39, 0.29) is 12.3 Å². The van der Waals surface area contributed by atoms with E-state index in [1.54, 1.807) is 12.1 Å². The molecule has 0 aliphatic heterocycles. The van der Waals surface area contributed by atoms with Crippen LogP contribution in [-0.4, -0.2) is 26.0 Å². The number of carbonyl (C=O) groups excluding carboxylic acids is 1. The molecule has 0 radical (unpaired) electrons. The number of nitrogens with zero attached hydrogens (tertiary/aromatic N) is 3. The lowest BCUT2D eigenvalue weighted by atomic mass is 10.2. The first-order valence-corrected chi connectivity index (χ1v) is 8.84. The van der Waals surface area contributed by atoms with Gasteiger partial charge in [0.25, 0.3) is 0 Å². The summed E-state index contributed by atoms with van der Waals surface area (Å²) in [6.07, 6.45) is 0.620. The molecule has 8 heteroatoms. The van der Waals surface area contributed by atoms with E-state index >= 15 is 0 Å². The van der Waals surface area contributed by atoms with Crippen LogP contribution >= 0.6 is 11.6 Å². The molecule has 2 aromatic carbocycles. The van der Waals surface area contributed by atoms with Crippen molar-refractivity contribution in [3.05, 3.63) is 65.3 Å². The largest absolute Gasteiger partial charge is 0.349 e. The topological polar surface area (TPSA) is 96.7 Å². The number of benzene rings is 2. The van der Waals surface area contributed by atoms with E-state index in [0.717, 1.165) is 16.6 Å². The van der Waals surface area contributed by atoms with Gasteiger partial charge in [-0.2, -0.15) is 4.98 Å². The Morgan fingerprint density at radius 1 is 1.11 bits per heavy atom. The molecule has 7 nitrogen and oxygen atoms in total. The van der Waals surface area contributed by atoms with Crippen molar-refractivity contribution in [1.29, 1.82) is 0 Å². The molecule has 0 atom stereocenters. The zero-order chi connectivity index (χ0) is 18.6. The van der Waals surface area contributed by atoms with E-state index in [2.05, 4.69) is 25.4 Å². The maximum Gasteiger partial charge on any atom is 0.227 e. The van der Waals surface area contributed by atoms with Gasteiger partial charge >= 0.3 is 0 Å². The van der Waals surface area contributed by atoms with Gasteiger partial charge in [-0.1, -0.05) is 28.9 Å². The Balaban J connectivity index is 1.29. The molecule has 27 heavy (non-hydrogen) atoms. The Morgan fingerprint density at radius 2 is 1.93 bits per heavy atom. The minimum Gasteiger partial charge on any atom is -0.349 e. The summed E-state index contributed by atoms with van der Waals surface area (Å²) in [5.41, 5.74) is 2.63. The summed E-state index contributed by atoms with van der Waals surface area (Å²) in [7, 11) is 0. The zero-order valence-corrected chi connectivity index (χ0v) is 15.0. The number of nitrogens with one attached hydrogen (secondary N) is 2. The standard InChI is InChI=1S/C19H16ClN5O2/c20-13-7-5-12(6-8-13)19-24-18(27-25-19)10-9-17(26)21-11-16-22-14-3-1-2-4-15(14)23-16/h1-8H,9-11H2,(H,21,26)(H,22,23). The molecule has 2 N–H and O–H groups in total. The van der Waals surface area contributed by atoms with Crippen LogP contribution in [0, 0.1) is 0 Å². The van der Waals surface area contributed by atoms with Crippen molar-refractivity contribution in [2.75, 3.05) is 0 Å². The fraction of sp³-hybridized carbons (Fsp3) is 0.158. The van der Waals surface area contributed by atoms with Gasteiger partial charge in [0.15, 0.2) is 0 Å². The summed E-state index contributed by atoms with van der Waals surface area (Å²) in [5.74, 6) is 1.50. The number of para-hydroxylation sites is 2. The Labute approximate surface area is 159 Å². The van der Waals surface area contributed by atoms with Gasteiger partial charge in [0.2, 0.25) is 17.6 Å². The number of hydrogen-bond donors (Lipinski definition) is 2. The summed E-state index contributed by atoms with van der Waals surface area (Å²) in [6.45, 7) is 0.341.